The number of benzene rings is 2. The van der Waals surface area contributed by atoms with Gasteiger partial charge in [-0.25, -0.2) is 4.98 Å². The van der Waals surface area contributed by atoms with E-state index in [1.54, 1.807) is 0 Å². The number of carbonyl (C=O) groups excluding carboxylic acids is 1. The second-order valence-electron chi connectivity index (χ2n) is 7.74. The van der Waals surface area contributed by atoms with Gasteiger partial charge in [-0.3, -0.25) is 4.79 Å². The van der Waals surface area contributed by atoms with Crippen LogP contribution >= 0.6 is 0 Å². The van der Waals surface area contributed by atoms with E-state index in [4.69, 9.17) is 4.98 Å². The maximum atomic E-state index is 12.8. The van der Waals surface area contributed by atoms with Gasteiger partial charge in [0, 0.05) is 31.1 Å². The first-order chi connectivity index (χ1) is 13.7. The van der Waals surface area contributed by atoms with Gasteiger partial charge in [-0.15, -0.1) is 0 Å². The van der Waals surface area contributed by atoms with Crippen molar-refractivity contribution in [2.75, 3.05) is 11.4 Å². The van der Waals surface area contributed by atoms with Crippen LogP contribution in [0.5, 0.6) is 0 Å². The lowest BCUT2D eigenvalue weighted by molar-refractivity contribution is -0.117. The summed E-state index contributed by atoms with van der Waals surface area (Å²) < 4.78 is 2.35. The molecule has 0 radical (unpaired) electrons. The van der Waals surface area contributed by atoms with E-state index in [1.165, 1.54) is 23.9 Å². The zero-order chi connectivity index (χ0) is 19.5. The van der Waals surface area contributed by atoms with E-state index in [9.17, 15) is 4.79 Å². The molecular formula is C24H29N3O. The van der Waals surface area contributed by atoms with E-state index in [-0.39, 0.29) is 11.8 Å². The number of unbranched alkanes of at least 4 members (excludes halogenated alkanes) is 2. The maximum absolute atomic E-state index is 12.8. The number of nitrogens with zero attached hydrogens (tertiary/aromatic N) is 3. The molecule has 1 fully saturated rings. The fourth-order valence-corrected chi connectivity index (χ4v) is 4.20. The summed E-state index contributed by atoms with van der Waals surface area (Å²) in [7, 11) is 0. The van der Waals surface area contributed by atoms with Gasteiger partial charge in [0.05, 0.1) is 11.0 Å². The fourth-order valence-electron chi connectivity index (χ4n) is 4.20. The monoisotopic (exact) mass is 375 g/mol. The summed E-state index contributed by atoms with van der Waals surface area (Å²) in [5.41, 5.74) is 4.52. The first-order valence-electron chi connectivity index (χ1n) is 10.6. The molecule has 2 aromatic carbocycles. The van der Waals surface area contributed by atoms with Gasteiger partial charge in [0.15, 0.2) is 0 Å². The van der Waals surface area contributed by atoms with E-state index in [0.717, 1.165) is 36.4 Å². The quantitative estimate of drug-likeness (QED) is 0.525. The van der Waals surface area contributed by atoms with Crippen molar-refractivity contribution in [3.05, 3.63) is 59.9 Å². The lowest BCUT2D eigenvalue weighted by Crippen LogP contribution is -2.24. The highest BCUT2D eigenvalue weighted by Crippen LogP contribution is 2.33. The fraction of sp³-hybridized carbons (Fsp3) is 0.417. The number of rotatable bonds is 7. The van der Waals surface area contributed by atoms with E-state index >= 15 is 0 Å². The number of anilines is 1. The molecule has 1 saturated heterocycles. The molecule has 0 spiro atoms. The molecule has 4 nitrogen and oxygen atoms in total. The zero-order valence-corrected chi connectivity index (χ0v) is 16.9. The maximum Gasteiger partial charge on any atom is 0.227 e. The molecular weight excluding hydrogens is 346 g/mol. The predicted octanol–water partition coefficient (Wildman–Crippen LogP) is 5.31. The molecule has 0 bridgehead atoms. The number of aryl methyl sites for hydroxylation is 2. The van der Waals surface area contributed by atoms with Crippen LogP contribution in [0.25, 0.3) is 11.0 Å². The van der Waals surface area contributed by atoms with E-state index in [0.29, 0.717) is 13.0 Å². The Kier molecular flexibility index (Phi) is 5.47. The molecule has 1 aromatic heterocycles. The average molecular weight is 376 g/mol. The Hall–Kier alpha value is -2.62. The van der Waals surface area contributed by atoms with Crippen molar-refractivity contribution in [1.29, 1.82) is 0 Å². The van der Waals surface area contributed by atoms with Crippen LogP contribution in [0.1, 0.15) is 56.8 Å². The summed E-state index contributed by atoms with van der Waals surface area (Å²) in [6, 6.07) is 16.7. The van der Waals surface area contributed by atoms with Crippen LogP contribution in [0.2, 0.25) is 0 Å². The van der Waals surface area contributed by atoms with Crippen LogP contribution in [0, 0.1) is 0 Å². The molecule has 3 aromatic rings. The molecule has 0 N–H and O–H groups in total. The van der Waals surface area contributed by atoms with Crippen LogP contribution in [0.4, 0.5) is 5.69 Å². The Bertz CT molecular complexity index is 958. The molecule has 0 saturated carbocycles. The van der Waals surface area contributed by atoms with Gasteiger partial charge in [-0.05, 0) is 42.7 Å². The number of hydrogen-bond acceptors (Lipinski definition) is 2. The van der Waals surface area contributed by atoms with Crippen molar-refractivity contribution in [2.45, 2.75) is 58.4 Å². The van der Waals surface area contributed by atoms with E-state index < -0.39 is 0 Å². The van der Waals surface area contributed by atoms with Gasteiger partial charge in [-0.1, -0.05) is 51.0 Å². The van der Waals surface area contributed by atoms with Crippen molar-refractivity contribution in [2.24, 2.45) is 0 Å². The largest absolute Gasteiger partial charge is 0.328 e. The Morgan fingerprint density at radius 3 is 2.57 bits per heavy atom. The molecule has 4 heteroatoms. The van der Waals surface area contributed by atoms with Gasteiger partial charge >= 0.3 is 0 Å². The molecule has 1 amide bonds. The van der Waals surface area contributed by atoms with Crippen molar-refractivity contribution < 1.29 is 4.79 Å². The van der Waals surface area contributed by atoms with E-state index in [1.807, 2.05) is 11.0 Å². The second-order valence-corrected chi connectivity index (χ2v) is 7.74. The minimum Gasteiger partial charge on any atom is -0.328 e. The van der Waals surface area contributed by atoms with Gasteiger partial charge < -0.3 is 9.47 Å². The van der Waals surface area contributed by atoms with Crippen LogP contribution < -0.4 is 4.90 Å². The lowest BCUT2D eigenvalue weighted by Gasteiger charge is -2.18. The minimum absolute atomic E-state index is 0.146. The Labute approximate surface area is 167 Å². The third-order valence-corrected chi connectivity index (χ3v) is 5.82. The standard InChI is InChI=1S/C24H29N3O/c1-3-5-8-15-26-22-10-7-6-9-21(22)25-24(26)19-16-23(28)27(17-19)20-13-11-18(4-2)12-14-20/h6-7,9-14,19H,3-5,8,15-17H2,1-2H3/t19-/m0/s1. The van der Waals surface area contributed by atoms with Crippen molar-refractivity contribution >= 4 is 22.6 Å². The van der Waals surface area contributed by atoms with Crippen LogP contribution in [0.15, 0.2) is 48.5 Å². The molecule has 2 heterocycles. The smallest absolute Gasteiger partial charge is 0.227 e. The Morgan fingerprint density at radius 2 is 1.82 bits per heavy atom. The van der Waals surface area contributed by atoms with Crippen molar-refractivity contribution in [3.63, 3.8) is 0 Å². The molecule has 146 valence electrons. The average Bonchev–Trinajstić information content (AvgIpc) is 3.29. The highest BCUT2D eigenvalue weighted by molar-refractivity contribution is 5.96. The molecule has 1 aliphatic rings. The lowest BCUT2D eigenvalue weighted by atomic mass is 10.1. The third kappa shape index (κ3) is 3.56. The highest BCUT2D eigenvalue weighted by Gasteiger charge is 2.34. The Balaban J connectivity index is 1.62. The van der Waals surface area contributed by atoms with Gasteiger partial charge in [0.1, 0.15) is 5.82 Å². The molecule has 28 heavy (non-hydrogen) atoms. The molecule has 4 rings (SSSR count). The van der Waals surface area contributed by atoms with Crippen LogP contribution in [0.3, 0.4) is 0 Å². The summed E-state index contributed by atoms with van der Waals surface area (Å²) in [5, 5.41) is 0. The third-order valence-electron chi connectivity index (χ3n) is 5.82. The number of imidazole rings is 1. The minimum atomic E-state index is 0.146. The van der Waals surface area contributed by atoms with Gasteiger partial charge in [-0.2, -0.15) is 0 Å². The topological polar surface area (TPSA) is 38.1 Å². The SMILES string of the molecule is CCCCCn1c([C@H]2CC(=O)N(c3ccc(CC)cc3)C2)nc2ccccc21. The molecule has 0 aliphatic carbocycles. The zero-order valence-electron chi connectivity index (χ0n) is 16.9. The Morgan fingerprint density at radius 1 is 1.04 bits per heavy atom. The summed E-state index contributed by atoms with van der Waals surface area (Å²) in [6.45, 7) is 6.06. The number of fused-ring (bicyclic) bond motifs is 1. The summed E-state index contributed by atoms with van der Waals surface area (Å²) in [5.74, 6) is 1.41. The second kappa shape index (κ2) is 8.17. The van der Waals surface area contributed by atoms with E-state index in [2.05, 4.69) is 60.9 Å². The number of hydrogen-bond donors (Lipinski definition) is 0. The van der Waals surface area contributed by atoms with Crippen LogP contribution in [-0.2, 0) is 17.8 Å². The van der Waals surface area contributed by atoms with Gasteiger partial charge in [0.25, 0.3) is 0 Å². The van der Waals surface area contributed by atoms with Gasteiger partial charge in [0.2, 0.25) is 5.91 Å². The molecule has 1 aliphatic heterocycles. The highest BCUT2D eigenvalue weighted by atomic mass is 16.2. The predicted molar refractivity (Wildman–Crippen MR) is 115 cm³/mol. The summed E-state index contributed by atoms with van der Waals surface area (Å²) in [4.78, 5) is 19.7. The first-order valence-corrected chi connectivity index (χ1v) is 10.6. The number of carbonyl (C=O) groups is 1. The van der Waals surface area contributed by atoms with Crippen LogP contribution in [-0.4, -0.2) is 22.0 Å². The number of para-hydroxylation sites is 2. The summed E-state index contributed by atoms with van der Waals surface area (Å²) >= 11 is 0. The molecule has 1 atom stereocenters. The first kappa shape index (κ1) is 18.7. The number of aromatic nitrogens is 2. The number of amides is 1. The normalized spacial score (nSPS) is 17.0. The van der Waals surface area contributed by atoms with Crippen molar-refractivity contribution in [3.8, 4) is 0 Å². The summed E-state index contributed by atoms with van der Waals surface area (Å²) in [6.07, 6.45) is 5.11. The molecule has 0 unspecified atom stereocenters. The van der Waals surface area contributed by atoms with Crippen molar-refractivity contribution in [1.82, 2.24) is 9.55 Å².